The van der Waals surface area contributed by atoms with E-state index in [0.717, 1.165) is 22.8 Å². The number of halogens is 6. The standard InChI is InChI=1S/C15H12F6N6O/c1-8-7-10(27-13(24-8)25-12(26-27)15(19,20)21)22-5-6-28-11-9(14(16,17)18)3-2-4-23-11/h2-4,7,22H,5-6H2,1H3. The van der Waals surface area contributed by atoms with Crippen molar-refractivity contribution in [2.24, 2.45) is 0 Å². The molecule has 0 atom stereocenters. The SMILES string of the molecule is Cc1cc(NCCOc2ncccc2C(F)(F)F)n2nc(C(F)(F)F)nc2n1. The number of nitrogens with zero attached hydrogens (tertiary/aromatic N) is 5. The highest BCUT2D eigenvalue weighted by atomic mass is 19.4. The Hall–Kier alpha value is -3.12. The quantitative estimate of drug-likeness (QED) is 0.517. The molecule has 1 N–H and O–H groups in total. The van der Waals surface area contributed by atoms with Crippen molar-refractivity contribution in [1.82, 2.24) is 24.6 Å². The summed E-state index contributed by atoms with van der Waals surface area (Å²) in [5.74, 6) is -2.08. The molecular formula is C15H12F6N6O. The second-order valence-corrected chi connectivity index (χ2v) is 5.56. The van der Waals surface area contributed by atoms with E-state index in [1.807, 2.05) is 0 Å². The van der Waals surface area contributed by atoms with Crippen molar-refractivity contribution < 1.29 is 31.1 Å². The summed E-state index contributed by atoms with van der Waals surface area (Å²) in [6, 6.07) is 3.39. The fourth-order valence-corrected chi connectivity index (χ4v) is 2.28. The number of alkyl halides is 6. The predicted molar refractivity (Wildman–Crippen MR) is 83.7 cm³/mol. The van der Waals surface area contributed by atoms with Crippen LogP contribution >= 0.6 is 0 Å². The summed E-state index contributed by atoms with van der Waals surface area (Å²) in [4.78, 5) is 10.7. The van der Waals surface area contributed by atoms with Crippen LogP contribution in [0.25, 0.3) is 5.78 Å². The van der Waals surface area contributed by atoms with Gasteiger partial charge in [-0.25, -0.2) is 9.97 Å². The van der Waals surface area contributed by atoms with Gasteiger partial charge in [0.1, 0.15) is 18.0 Å². The molecule has 3 heterocycles. The van der Waals surface area contributed by atoms with E-state index in [1.54, 1.807) is 6.92 Å². The normalized spacial score (nSPS) is 12.4. The van der Waals surface area contributed by atoms with E-state index >= 15 is 0 Å². The van der Waals surface area contributed by atoms with Gasteiger partial charge in [0.15, 0.2) is 0 Å². The number of nitrogens with one attached hydrogen (secondary N) is 1. The number of aromatic nitrogens is 5. The van der Waals surface area contributed by atoms with Gasteiger partial charge in [-0.3, -0.25) is 0 Å². The van der Waals surface area contributed by atoms with Gasteiger partial charge < -0.3 is 10.1 Å². The van der Waals surface area contributed by atoms with Crippen LogP contribution in [0.3, 0.4) is 0 Å². The molecule has 150 valence electrons. The fourth-order valence-electron chi connectivity index (χ4n) is 2.28. The third-order valence-electron chi connectivity index (χ3n) is 3.42. The van der Waals surface area contributed by atoms with Crippen molar-refractivity contribution >= 4 is 11.6 Å². The second-order valence-electron chi connectivity index (χ2n) is 5.56. The Bertz CT molecular complexity index is 983. The molecule has 3 aromatic heterocycles. The molecule has 0 aliphatic heterocycles. The van der Waals surface area contributed by atoms with Gasteiger partial charge in [-0.05, 0) is 19.1 Å². The number of rotatable bonds is 5. The monoisotopic (exact) mass is 406 g/mol. The van der Waals surface area contributed by atoms with E-state index < -0.39 is 29.6 Å². The number of pyridine rings is 1. The Morgan fingerprint density at radius 1 is 1.11 bits per heavy atom. The summed E-state index contributed by atoms with van der Waals surface area (Å²) in [5.41, 5.74) is -0.649. The molecule has 0 fully saturated rings. The van der Waals surface area contributed by atoms with Crippen LogP contribution in [0, 0.1) is 6.92 Å². The van der Waals surface area contributed by atoms with Crippen LogP contribution in [0.1, 0.15) is 17.1 Å². The van der Waals surface area contributed by atoms with Crippen molar-refractivity contribution in [3.05, 3.63) is 41.5 Å². The van der Waals surface area contributed by atoms with E-state index in [4.69, 9.17) is 4.74 Å². The number of hydrogen-bond donors (Lipinski definition) is 1. The number of aryl methyl sites for hydroxylation is 1. The van der Waals surface area contributed by atoms with Crippen LogP contribution in [-0.4, -0.2) is 37.7 Å². The van der Waals surface area contributed by atoms with Crippen LogP contribution in [-0.2, 0) is 12.4 Å². The van der Waals surface area contributed by atoms with Crippen molar-refractivity contribution in [2.45, 2.75) is 19.3 Å². The lowest BCUT2D eigenvalue weighted by molar-refractivity contribution is -0.144. The third kappa shape index (κ3) is 4.23. The van der Waals surface area contributed by atoms with E-state index in [9.17, 15) is 26.3 Å². The maximum absolute atomic E-state index is 12.9. The van der Waals surface area contributed by atoms with E-state index in [2.05, 4.69) is 25.4 Å². The highest BCUT2D eigenvalue weighted by Gasteiger charge is 2.37. The minimum absolute atomic E-state index is 0.0341. The molecule has 0 unspecified atom stereocenters. The topological polar surface area (TPSA) is 77.2 Å². The van der Waals surface area contributed by atoms with Gasteiger partial charge >= 0.3 is 12.4 Å². The number of anilines is 1. The minimum atomic E-state index is -4.74. The molecule has 0 spiro atoms. The first-order valence-electron chi connectivity index (χ1n) is 7.76. The molecule has 0 amide bonds. The molecular weight excluding hydrogens is 394 g/mol. The highest BCUT2D eigenvalue weighted by Crippen LogP contribution is 2.34. The molecule has 3 rings (SSSR count). The molecule has 0 aliphatic rings. The smallest absolute Gasteiger partial charge is 0.453 e. The van der Waals surface area contributed by atoms with Gasteiger partial charge in [-0.2, -0.15) is 35.8 Å². The van der Waals surface area contributed by atoms with Gasteiger partial charge in [0.2, 0.25) is 5.88 Å². The predicted octanol–water partition coefficient (Wildman–Crippen LogP) is 3.36. The van der Waals surface area contributed by atoms with E-state index in [1.165, 1.54) is 6.07 Å². The average Bonchev–Trinajstić information content (AvgIpc) is 3.02. The average molecular weight is 406 g/mol. The summed E-state index contributed by atoms with van der Waals surface area (Å²) < 4.78 is 82.9. The van der Waals surface area contributed by atoms with Gasteiger partial charge in [0.25, 0.3) is 11.6 Å². The molecule has 0 bridgehead atoms. The van der Waals surface area contributed by atoms with Crippen molar-refractivity contribution in [3.8, 4) is 5.88 Å². The highest BCUT2D eigenvalue weighted by molar-refractivity contribution is 5.45. The molecule has 0 radical (unpaired) electrons. The van der Waals surface area contributed by atoms with Gasteiger partial charge in [0, 0.05) is 18.0 Å². The zero-order chi connectivity index (χ0) is 20.5. The van der Waals surface area contributed by atoms with Gasteiger partial charge in [-0.15, -0.1) is 5.10 Å². The Morgan fingerprint density at radius 3 is 2.54 bits per heavy atom. The second kappa shape index (κ2) is 7.13. The molecule has 3 aromatic rings. The fraction of sp³-hybridized carbons (Fsp3) is 0.333. The molecule has 0 aliphatic carbocycles. The number of hydrogen-bond acceptors (Lipinski definition) is 6. The first kappa shape index (κ1) is 19.6. The van der Waals surface area contributed by atoms with Gasteiger partial charge in [0.05, 0.1) is 6.54 Å². The van der Waals surface area contributed by atoms with Crippen LogP contribution < -0.4 is 10.1 Å². The van der Waals surface area contributed by atoms with Crippen molar-refractivity contribution in [1.29, 1.82) is 0 Å². The molecule has 0 aromatic carbocycles. The van der Waals surface area contributed by atoms with Crippen molar-refractivity contribution in [3.63, 3.8) is 0 Å². The molecule has 28 heavy (non-hydrogen) atoms. The molecule has 0 saturated heterocycles. The lowest BCUT2D eigenvalue weighted by Gasteiger charge is -2.13. The van der Waals surface area contributed by atoms with E-state index in [-0.39, 0.29) is 24.7 Å². The van der Waals surface area contributed by atoms with Crippen LogP contribution in [0.5, 0.6) is 5.88 Å². The number of fused-ring (bicyclic) bond motifs is 1. The molecule has 7 nitrogen and oxygen atoms in total. The summed E-state index contributed by atoms with van der Waals surface area (Å²) >= 11 is 0. The summed E-state index contributed by atoms with van der Waals surface area (Å²) in [6.07, 6.45) is -8.21. The largest absolute Gasteiger partial charge is 0.475 e. The summed E-state index contributed by atoms with van der Waals surface area (Å²) in [5, 5.41) is 6.10. The first-order chi connectivity index (χ1) is 13.1. The lowest BCUT2D eigenvalue weighted by atomic mass is 10.2. The Kier molecular flexibility index (Phi) is 5.00. The minimum Gasteiger partial charge on any atom is -0.475 e. The van der Waals surface area contributed by atoms with Crippen LogP contribution in [0.15, 0.2) is 24.4 Å². The van der Waals surface area contributed by atoms with Gasteiger partial charge in [-0.1, -0.05) is 0 Å². The molecule has 0 saturated carbocycles. The van der Waals surface area contributed by atoms with E-state index in [0.29, 0.717) is 5.69 Å². The Labute approximate surface area is 153 Å². The maximum Gasteiger partial charge on any atom is 0.453 e. The van der Waals surface area contributed by atoms with Crippen LogP contribution in [0.2, 0.25) is 0 Å². The lowest BCUT2D eigenvalue weighted by Crippen LogP contribution is -2.17. The Morgan fingerprint density at radius 2 is 1.86 bits per heavy atom. The Balaban J connectivity index is 1.72. The molecule has 13 heteroatoms. The third-order valence-corrected chi connectivity index (χ3v) is 3.42. The maximum atomic E-state index is 12.9. The zero-order valence-corrected chi connectivity index (χ0v) is 14.1. The van der Waals surface area contributed by atoms with Crippen molar-refractivity contribution in [2.75, 3.05) is 18.5 Å². The summed E-state index contributed by atoms with van der Waals surface area (Å²) in [7, 11) is 0. The summed E-state index contributed by atoms with van der Waals surface area (Å²) in [6.45, 7) is 1.28. The number of ether oxygens (including phenoxy) is 1. The zero-order valence-electron chi connectivity index (χ0n) is 14.1. The van der Waals surface area contributed by atoms with Crippen LogP contribution in [0.4, 0.5) is 32.2 Å². The first-order valence-corrected chi connectivity index (χ1v) is 7.76.